The van der Waals surface area contributed by atoms with E-state index in [1.807, 2.05) is 60.4 Å². The fourth-order valence-corrected chi connectivity index (χ4v) is 2.07. The maximum absolute atomic E-state index is 5.72. The third-order valence-corrected chi connectivity index (χ3v) is 2.98. The molecule has 94 valence electrons. The number of rotatable bonds is 2. The minimum Gasteiger partial charge on any atom is -0.397 e. The van der Waals surface area contributed by atoms with E-state index in [1.54, 1.807) is 6.20 Å². The largest absolute Gasteiger partial charge is 0.397 e. The van der Waals surface area contributed by atoms with Crippen LogP contribution >= 0.6 is 0 Å². The van der Waals surface area contributed by atoms with Gasteiger partial charge in [-0.25, -0.2) is 4.68 Å². The molecule has 0 aliphatic rings. The van der Waals surface area contributed by atoms with Crippen molar-refractivity contribution in [3.8, 4) is 16.9 Å². The van der Waals surface area contributed by atoms with E-state index in [4.69, 9.17) is 5.73 Å². The van der Waals surface area contributed by atoms with Gasteiger partial charge in [0.2, 0.25) is 0 Å². The molecule has 0 fully saturated rings. The second-order valence-corrected chi connectivity index (χ2v) is 4.44. The molecule has 3 aromatic rings. The van der Waals surface area contributed by atoms with Gasteiger partial charge >= 0.3 is 0 Å². The van der Waals surface area contributed by atoms with Crippen molar-refractivity contribution in [2.24, 2.45) is 0 Å². The van der Waals surface area contributed by atoms with Crippen molar-refractivity contribution in [3.05, 3.63) is 60.6 Å². The molecule has 0 spiro atoms. The Labute approximate surface area is 111 Å². The lowest BCUT2D eigenvalue weighted by atomic mass is 10.1. The zero-order valence-electron chi connectivity index (χ0n) is 10.6. The molecule has 0 saturated carbocycles. The van der Waals surface area contributed by atoms with Crippen molar-refractivity contribution in [1.29, 1.82) is 0 Å². The van der Waals surface area contributed by atoms with Gasteiger partial charge in [-0.1, -0.05) is 18.2 Å². The first-order valence-electron chi connectivity index (χ1n) is 6.06. The predicted molar refractivity (Wildman–Crippen MR) is 75.9 cm³/mol. The maximum Gasteiger partial charge on any atom is 0.0764 e. The van der Waals surface area contributed by atoms with E-state index in [2.05, 4.69) is 10.1 Å². The van der Waals surface area contributed by atoms with Crippen LogP contribution in [0.5, 0.6) is 0 Å². The summed E-state index contributed by atoms with van der Waals surface area (Å²) in [5.74, 6) is 0. The Balaban J connectivity index is 2.02. The normalized spacial score (nSPS) is 10.6. The number of para-hydroxylation sites is 1. The van der Waals surface area contributed by atoms with E-state index in [1.165, 1.54) is 0 Å². The molecule has 19 heavy (non-hydrogen) atoms. The van der Waals surface area contributed by atoms with Gasteiger partial charge in [0.05, 0.1) is 29.5 Å². The van der Waals surface area contributed by atoms with Crippen molar-refractivity contribution in [3.63, 3.8) is 0 Å². The quantitative estimate of drug-likeness (QED) is 0.760. The van der Waals surface area contributed by atoms with Crippen molar-refractivity contribution in [1.82, 2.24) is 14.8 Å². The number of aromatic nitrogens is 3. The number of nitrogens with zero attached hydrogens (tertiary/aromatic N) is 3. The van der Waals surface area contributed by atoms with Gasteiger partial charge in [-0.3, -0.25) is 4.98 Å². The zero-order chi connectivity index (χ0) is 13.2. The molecule has 2 aromatic heterocycles. The Morgan fingerprint density at radius 3 is 2.63 bits per heavy atom. The van der Waals surface area contributed by atoms with Crippen LogP contribution in [0.25, 0.3) is 16.9 Å². The summed E-state index contributed by atoms with van der Waals surface area (Å²) in [6, 6.07) is 11.9. The lowest BCUT2D eigenvalue weighted by Crippen LogP contribution is -1.93. The fourth-order valence-electron chi connectivity index (χ4n) is 2.07. The van der Waals surface area contributed by atoms with Crippen LogP contribution in [-0.4, -0.2) is 14.8 Å². The summed E-state index contributed by atoms with van der Waals surface area (Å²) < 4.78 is 1.84. The van der Waals surface area contributed by atoms with Crippen molar-refractivity contribution in [2.75, 3.05) is 5.73 Å². The third-order valence-electron chi connectivity index (χ3n) is 2.98. The number of hydrogen-bond donors (Lipinski definition) is 1. The number of hydrogen-bond acceptors (Lipinski definition) is 3. The van der Waals surface area contributed by atoms with Gasteiger partial charge in [0.1, 0.15) is 0 Å². The summed E-state index contributed by atoms with van der Waals surface area (Å²) in [6.45, 7) is 2.00. The maximum atomic E-state index is 5.72. The summed E-state index contributed by atoms with van der Waals surface area (Å²) >= 11 is 0. The Morgan fingerprint density at radius 2 is 1.89 bits per heavy atom. The van der Waals surface area contributed by atoms with E-state index in [0.29, 0.717) is 5.69 Å². The first-order valence-corrected chi connectivity index (χ1v) is 6.06. The highest BCUT2D eigenvalue weighted by Crippen LogP contribution is 2.22. The van der Waals surface area contributed by atoms with E-state index < -0.39 is 0 Å². The number of nitrogen functional groups attached to an aromatic ring is 1. The van der Waals surface area contributed by atoms with Gasteiger partial charge in [0, 0.05) is 11.8 Å². The van der Waals surface area contributed by atoms with Gasteiger partial charge in [-0.2, -0.15) is 5.10 Å². The molecule has 0 bridgehead atoms. The molecule has 3 rings (SSSR count). The summed E-state index contributed by atoms with van der Waals surface area (Å²) in [6.07, 6.45) is 5.46. The number of nitrogens with two attached hydrogens (primary N) is 1. The Morgan fingerprint density at radius 1 is 1.11 bits per heavy atom. The third kappa shape index (κ3) is 2.20. The van der Waals surface area contributed by atoms with Crippen LogP contribution in [0.15, 0.2) is 55.0 Å². The van der Waals surface area contributed by atoms with Crippen LogP contribution in [0, 0.1) is 6.92 Å². The Bertz CT molecular complexity index is 701. The standard InChI is InChI=1S/C15H14N4/c1-11-7-13(16)9-17-15(11)12-8-18-19(10-12)14-5-3-2-4-6-14/h2-10H,16H2,1H3. The average molecular weight is 250 g/mol. The van der Waals surface area contributed by atoms with Crippen LogP contribution in [0.4, 0.5) is 5.69 Å². The molecule has 0 atom stereocenters. The second-order valence-electron chi connectivity index (χ2n) is 4.44. The zero-order valence-corrected chi connectivity index (χ0v) is 10.6. The minimum absolute atomic E-state index is 0.678. The number of anilines is 1. The predicted octanol–water partition coefficient (Wildman–Crippen LogP) is 2.82. The number of benzene rings is 1. The molecule has 4 nitrogen and oxygen atoms in total. The Hall–Kier alpha value is -2.62. The van der Waals surface area contributed by atoms with Crippen LogP contribution in [0.3, 0.4) is 0 Å². The molecule has 4 heteroatoms. The lowest BCUT2D eigenvalue weighted by molar-refractivity contribution is 0.880. The highest BCUT2D eigenvalue weighted by atomic mass is 15.3. The molecule has 1 aromatic carbocycles. The summed E-state index contributed by atoms with van der Waals surface area (Å²) in [7, 11) is 0. The monoisotopic (exact) mass is 250 g/mol. The fraction of sp³-hybridized carbons (Fsp3) is 0.0667. The van der Waals surface area contributed by atoms with E-state index in [0.717, 1.165) is 22.5 Å². The summed E-state index contributed by atoms with van der Waals surface area (Å²) in [4.78, 5) is 4.38. The second kappa shape index (κ2) is 4.57. The van der Waals surface area contributed by atoms with Gasteiger partial charge in [-0.15, -0.1) is 0 Å². The van der Waals surface area contributed by atoms with Crippen LogP contribution in [0.2, 0.25) is 0 Å². The molecule has 2 N–H and O–H groups in total. The van der Waals surface area contributed by atoms with Crippen molar-refractivity contribution < 1.29 is 0 Å². The van der Waals surface area contributed by atoms with Crippen molar-refractivity contribution in [2.45, 2.75) is 6.92 Å². The number of aryl methyl sites for hydroxylation is 1. The highest BCUT2D eigenvalue weighted by Gasteiger charge is 2.07. The molecule has 0 aliphatic carbocycles. The SMILES string of the molecule is Cc1cc(N)cnc1-c1cnn(-c2ccccc2)c1. The Kier molecular flexibility index (Phi) is 2.76. The molecule has 0 aliphatic heterocycles. The van der Waals surface area contributed by atoms with Gasteiger partial charge in [0.25, 0.3) is 0 Å². The summed E-state index contributed by atoms with van der Waals surface area (Å²) in [5, 5.41) is 4.37. The topological polar surface area (TPSA) is 56.7 Å². The van der Waals surface area contributed by atoms with Crippen molar-refractivity contribution >= 4 is 5.69 Å². The van der Waals surface area contributed by atoms with E-state index in [9.17, 15) is 0 Å². The molecule has 0 amide bonds. The first kappa shape index (κ1) is 11.5. The molecule has 0 unspecified atom stereocenters. The minimum atomic E-state index is 0.678. The van der Waals surface area contributed by atoms with Gasteiger partial charge in [-0.05, 0) is 30.7 Å². The van der Waals surface area contributed by atoms with E-state index in [-0.39, 0.29) is 0 Å². The van der Waals surface area contributed by atoms with Crippen LogP contribution < -0.4 is 5.73 Å². The molecule has 0 radical (unpaired) electrons. The smallest absolute Gasteiger partial charge is 0.0764 e. The molecular weight excluding hydrogens is 236 g/mol. The number of pyridine rings is 1. The highest BCUT2D eigenvalue weighted by molar-refractivity contribution is 5.63. The average Bonchev–Trinajstić information content (AvgIpc) is 2.89. The molecular formula is C15H14N4. The molecule has 2 heterocycles. The first-order chi connectivity index (χ1) is 9.24. The lowest BCUT2D eigenvalue weighted by Gasteiger charge is -2.03. The summed E-state index contributed by atoms with van der Waals surface area (Å²) in [5.41, 5.74) is 10.4. The van der Waals surface area contributed by atoms with Gasteiger partial charge in [0.15, 0.2) is 0 Å². The molecule has 0 saturated heterocycles. The van der Waals surface area contributed by atoms with Gasteiger partial charge < -0.3 is 5.73 Å². The van der Waals surface area contributed by atoms with Crippen LogP contribution in [0.1, 0.15) is 5.56 Å². The van der Waals surface area contributed by atoms with E-state index >= 15 is 0 Å². The van der Waals surface area contributed by atoms with Crippen LogP contribution in [-0.2, 0) is 0 Å².